The predicted molar refractivity (Wildman–Crippen MR) is 100 cm³/mol. The summed E-state index contributed by atoms with van der Waals surface area (Å²) in [6.45, 7) is 1.16. The molecule has 2 rings (SSSR count). The second kappa shape index (κ2) is 8.56. The normalized spacial score (nSPS) is 13.3. The molecule has 0 saturated heterocycles. The summed E-state index contributed by atoms with van der Waals surface area (Å²) in [6, 6.07) is -0.323. The SMILES string of the molecule is CCC(NS(=O)(=O)c1ccc(-c2sc(C(=O)O)nc2C=O)c(Cl)c1Cl)C(F)(F)F. The molecule has 0 aliphatic rings. The molecular formula is C15H11Cl2F3N2O5S2. The lowest BCUT2D eigenvalue weighted by Gasteiger charge is -2.20. The Bertz CT molecular complexity index is 1070. The number of carboxylic acids is 1. The molecule has 1 aromatic heterocycles. The predicted octanol–water partition coefficient (Wildman–Crippen LogP) is 4.25. The first-order chi connectivity index (χ1) is 13.3. The van der Waals surface area contributed by atoms with Gasteiger partial charge >= 0.3 is 12.1 Å². The van der Waals surface area contributed by atoms with Crippen molar-refractivity contribution in [1.29, 1.82) is 0 Å². The second-order valence-electron chi connectivity index (χ2n) is 5.52. The van der Waals surface area contributed by atoms with E-state index in [4.69, 9.17) is 28.3 Å². The molecule has 0 spiro atoms. The molecule has 7 nitrogen and oxygen atoms in total. The van der Waals surface area contributed by atoms with Gasteiger partial charge in [0.15, 0.2) is 6.29 Å². The Labute approximate surface area is 176 Å². The van der Waals surface area contributed by atoms with Crippen molar-refractivity contribution in [3.05, 3.63) is 32.9 Å². The molecule has 158 valence electrons. The standard InChI is InChI=1S/C15H11Cl2F3N2O5S2/c1-2-9(15(18,19)20)22-29(26,27)8-4-3-6(10(16)11(8)17)12-7(5-23)21-13(28-12)14(24)25/h3-5,9,22H,2H2,1H3,(H,24,25). The van der Waals surface area contributed by atoms with Crippen LogP contribution in [0.5, 0.6) is 0 Å². The van der Waals surface area contributed by atoms with Crippen molar-refractivity contribution >= 4 is 56.8 Å². The third-order valence-electron chi connectivity index (χ3n) is 3.63. The van der Waals surface area contributed by atoms with Crippen LogP contribution in [0.4, 0.5) is 13.2 Å². The Morgan fingerprint density at radius 1 is 1.34 bits per heavy atom. The highest BCUT2D eigenvalue weighted by Gasteiger charge is 2.41. The molecule has 2 aromatic rings. The van der Waals surface area contributed by atoms with E-state index in [0.717, 1.165) is 19.1 Å². The number of alkyl halides is 3. The quantitative estimate of drug-likeness (QED) is 0.560. The minimum atomic E-state index is -4.81. The topological polar surface area (TPSA) is 113 Å². The molecule has 29 heavy (non-hydrogen) atoms. The van der Waals surface area contributed by atoms with E-state index in [1.54, 1.807) is 0 Å². The number of halogens is 5. The second-order valence-corrected chi connectivity index (χ2v) is 8.96. The molecule has 0 radical (unpaired) electrons. The van der Waals surface area contributed by atoms with E-state index in [-0.39, 0.29) is 22.4 Å². The maximum absolute atomic E-state index is 12.9. The lowest BCUT2D eigenvalue weighted by molar-refractivity contribution is -0.151. The van der Waals surface area contributed by atoms with E-state index < -0.39 is 54.6 Å². The largest absolute Gasteiger partial charge is 0.476 e. The minimum Gasteiger partial charge on any atom is -0.476 e. The number of nitrogens with one attached hydrogen (secondary N) is 1. The monoisotopic (exact) mass is 490 g/mol. The number of nitrogens with zero attached hydrogens (tertiary/aromatic N) is 1. The maximum Gasteiger partial charge on any atom is 0.404 e. The Hall–Kier alpha value is -1.73. The first-order valence-corrected chi connectivity index (χ1v) is 10.7. The summed E-state index contributed by atoms with van der Waals surface area (Å²) in [5, 5.41) is 7.62. The first-order valence-electron chi connectivity index (χ1n) is 7.60. The number of carbonyl (C=O) groups is 2. The maximum atomic E-state index is 12.9. The molecule has 1 aromatic carbocycles. The third kappa shape index (κ3) is 4.89. The van der Waals surface area contributed by atoms with Gasteiger partial charge < -0.3 is 5.11 Å². The Balaban J connectivity index is 2.55. The van der Waals surface area contributed by atoms with Crippen molar-refractivity contribution in [3.8, 4) is 10.4 Å². The van der Waals surface area contributed by atoms with E-state index in [1.165, 1.54) is 4.72 Å². The Morgan fingerprint density at radius 2 is 1.97 bits per heavy atom. The van der Waals surface area contributed by atoms with Crippen molar-refractivity contribution in [3.63, 3.8) is 0 Å². The van der Waals surface area contributed by atoms with E-state index in [0.29, 0.717) is 11.3 Å². The first kappa shape index (κ1) is 23.5. The number of sulfonamides is 1. The average Bonchev–Trinajstić information content (AvgIpc) is 3.05. The van der Waals surface area contributed by atoms with E-state index in [2.05, 4.69) is 4.98 Å². The minimum absolute atomic E-state index is 0.00517. The highest BCUT2D eigenvalue weighted by Crippen LogP contribution is 2.41. The van der Waals surface area contributed by atoms with E-state index >= 15 is 0 Å². The fourth-order valence-electron chi connectivity index (χ4n) is 2.24. The van der Waals surface area contributed by atoms with Gasteiger partial charge in [-0.3, -0.25) is 4.79 Å². The fraction of sp³-hybridized carbons (Fsp3) is 0.267. The van der Waals surface area contributed by atoms with Crippen molar-refractivity contribution in [2.45, 2.75) is 30.5 Å². The number of rotatable bonds is 7. The zero-order valence-electron chi connectivity index (χ0n) is 14.3. The van der Waals surface area contributed by atoms with Gasteiger partial charge in [0.05, 0.1) is 14.9 Å². The van der Waals surface area contributed by atoms with Gasteiger partial charge in [0.2, 0.25) is 15.0 Å². The van der Waals surface area contributed by atoms with Crippen molar-refractivity contribution in [1.82, 2.24) is 9.71 Å². The van der Waals surface area contributed by atoms with Gasteiger partial charge in [-0.15, -0.1) is 11.3 Å². The molecule has 0 aliphatic carbocycles. The van der Waals surface area contributed by atoms with Crippen molar-refractivity contribution in [2.75, 3.05) is 0 Å². The number of benzene rings is 1. The van der Waals surface area contributed by atoms with Gasteiger partial charge in [-0.2, -0.15) is 17.9 Å². The molecule has 14 heteroatoms. The number of aromatic carboxylic acids is 1. The Kier molecular flexibility index (Phi) is 6.95. The van der Waals surface area contributed by atoms with Crippen LogP contribution in [-0.4, -0.2) is 43.0 Å². The van der Waals surface area contributed by atoms with Gasteiger partial charge in [0.25, 0.3) is 0 Å². The fourth-order valence-corrected chi connectivity index (χ4v) is 5.37. The van der Waals surface area contributed by atoms with Crippen LogP contribution in [0.3, 0.4) is 0 Å². The smallest absolute Gasteiger partial charge is 0.404 e. The van der Waals surface area contributed by atoms with Gasteiger partial charge in [-0.1, -0.05) is 36.2 Å². The van der Waals surface area contributed by atoms with Gasteiger partial charge in [-0.25, -0.2) is 18.2 Å². The molecule has 0 fully saturated rings. The van der Waals surface area contributed by atoms with Crippen LogP contribution in [0.25, 0.3) is 10.4 Å². The molecule has 0 aliphatic heterocycles. The summed E-state index contributed by atoms with van der Waals surface area (Å²) in [6.07, 6.45) is -5.08. The molecule has 1 unspecified atom stereocenters. The molecule has 1 atom stereocenters. The third-order valence-corrected chi connectivity index (χ3v) is 7.23. The van der Waals surface area contributed by atoms with Crippen LogP contribution >= 0.6 is 34.5 Å². The number of aromatic nitrogens is 1. The number of carbonyl (C=O) groups excluding carboxylic acids is 1. The van der Waals surface area contributed by atoms with E-state index in [9.17, 15) is 31.2 Å². The summed E-state index contributed by atoms with van der Waals surface area (Å²) in [5.74, 6) is -1.40. The summed E-state index contributed by atoms with van der Waals surface area (Å²) in [4.78, 5) is 25.2. The zero-order chi connectivity index (χ0) is 22.1. The summed E-state index contributed by atoms with van der Waals surface area (Å²) >= 11 is 12.7. The number of carboxylic acid groups (broad SMARTS) is 1. The lowest BCUT2D eigenvalue weighted by atomic mass is 10.1. The molecule has 0 bridgehead atoms. The summed E-state index contributed by atoms with van der Waals surface area (Å²) in [7, 11) is -4.69. The van der Waals surface area contributed by atoms with Crippen LogP contribution in [0.1, 0.15) is 33.6 Å². The van der Waals surface area contributed by atoms with Gasteiger partial charge in [-0.05, 0) is 12.5 Å². The summed E-state index contributed by atoms with van der Waals surface area (Å²) < 4.78 is 65.0. The highest BCUT2D eigenvalue weighted by molar-refractivity contribution is 7.89. The van der Waals surface area contributed by atoms with Gasteiger partial charge in [0.1, 0.15) is 16.6 Å². The van der Waals surface area contributed by atoms with Crippen molar-refractivity contribution < 1.29 is 36.3 Å². The van der Waals surface area contributed by atoms with Crippen LogP contribution in [0.15, 0.2) is 17.0 Å². The van der Waals surface area contributed by atoms with Crippen LogP contribution < -0.4 is 4.72 Å². The molecule has 0 saturated carbocycles. The Morgan fingerprint density at radius 3 is 2.45 bits per heavy atom. The van der Waals surface area contributed by atoms with Crippen LogP contribution in [-0.2, 0) is 10.0 Å². The summed E-state index contributed by atoms with van der Waals surface area (Å²) in [5.41, 5.74) is -0.257. The highest BCUT2D eigenvalue weighted by atomic mass is 35.5. The van der Waals surface area contributed by atoms with E-state index in [1.807, 2.05) is 0 Å². The average molecular weight is 491 g/mol. The van der Waals surface area contributed by atoms with Gasteiger partial charge in [0, 0.05) is 5.56 Å². The number of hydrogen-bond acceptors (Lipinski definition) is 6. The molecule has 2 N–H and O–H groups in total. The zero-order valence-corrected chi connectivity index (χ0v) is 17.4. The van der Waals surface area contributed by atoms with Crippen LogP contribution in [0.2, 0.25) is 10.0 Å². The molecule has 1 heterocycles. The van der Waals surface area contributed by atoms with Crippen LogP contribution in [0, 0.1) is 0 Å². The number of aldehydes is 1. The molecular weight excluding hydrogens is 480 g/mol. The number of hydrogen-bond donors (Lipinski definition) is 2. The number of thiazole rings is 1. The van der Waals surface area contributed by atoms with Crippen molar-refractivity contribution in [2.24, 2.45) is 0 Å². The lowest BCUT2D eigenvalue weighted by Crippen LogP contribution is -2.44. The molecule has 0 amide bonds.